The van der Waals surface area contributed by atoms with E-state index in [1.54, 1.807) is 6.07 Å². The summed E-state index contributed by atoms with van der Waals surface area (Å²) in [6.45, 7) is 3.93. The monoisotopic (exact) mass is 311 g/mol. The van der Waals surface area contributed by atoms with Gasteiger partial charge in [0, 0.05) is 36.5 Å². The van der Waals surface area contributed by atoms with E-state index in [1.165, 1.54) is 4.31 Å². The predicted molar refractivity (Wildman–Crippen MR) is 75.0 cm³/mol. The van der Waals surface area contributed by atoms with Crippen LogP contribution in [-0.4, -0.2) is 42.9 Å². The Hall–Kier alpha value is -1.67. The van der Waals surface area contributed by atoms with E-state index in [0.29, 0.717) is 18.9 Å². The molecule has 2 heterocycles. The van der Waals surface area contributed by atoms with Crippen molar-refractivity contribution in [1.29, 1.82) is 0 Å². The second-order valence-corrected chi connectivity index (χ2v) is 7.30. The molecule has 21 heavy (non-hydrogen) atoms. The van der Waals surface area contributed by atoms with Gasteiger partial charge in [-0.25, -0.2) is 8.42 Å². The normalized spacial score (nSPS) is 23.1. The third-order valence-corrected chi connectivity index (χ3v) is 5.27. The molecular weight excluding hydrogens is 294 g/mol. The van der Waals surface area contributed by atoms with Crippen molar-refractivity contribution in [2.45, 2.75) is 31.2 Å². The maximum absolute atomic E-state index is 12.1. The molecule has 0 aromatic carbocycles. The number of carbonyl (C=O) groups is 1. The Morgan fingerprint density at radius 3 is 2.90 bits per heavy atom. The number of amides is 1. The molecule has 2 fully saturated rings. The fourth-order valence-electron chi connectivity index (χ4n) is 2.40. The quantitative estimate of drug-likeness (QED) is 0.869. The van der Waals surface area contributed by atoms with Crippen molar-refractivity contribution < 1.29 is 17.7 Å². The molecule has 1 amide bonds. The van der Waals surface area contributed by atoms with Crippen LogP contribution in [0.15, 0.2) is 22.6 Å². The Kier molecular flexibility index (Phi) is 3.58. The highest BCUT2D eigenvalue weighted by atomic mass is 32.2. The van der Waals surface area contributed by atoms with Crippen molar-refractivity contribution in [3.8, 4) is 0 Å². The van der Waals surface area contributed by atoms with Crippen molar-refractivity contribution in [2.24, 2.45) is 0 Å². The van der Waals surface area contributed by atoms with Crippen molar-refractivity contribution in [3.63, 3.8) is 0 Å². The summed E-state index contributed by atoms with van der Waals surface area (Å²) in [4.78, 5) is 12.1. The van der Waals surface area contributed by atoms with Crippen LogP contribution in [0.1, 0.15) is 41.4 Å². The summed E-state index contributed by atoms with van der Waals surface area (Å²) < 4.78 is 29.8. The zero-order chi connectivity index (χ0) is 15.0. The molecule has 1 saturated heterocycles. The number of rotatable bonds is 5. The van der Waals surface area contributed by atoms with Gasteiger partial charge in [-0.15, -0.1) is 0 Å². The number of aromatic nitrogens is 1. The first-order valence-electron chi connectivity index (χ1n) is 6.89. The van der Waals surface area contributed by atoms with Crippen molar-refractivity contribution >= 4 is 15.9 Å². The fraction of sp³-hybridized carbons (Fsp3) is 0.538. The maximum Gasteiger partial charge on any atom is 0.273 e. The first kappa shape index (κ1) is 14.3. The van der Waals surface area contributed by atoms with Gasteiger partial charge >= 0.3 is 0 Å². The van der Waals surface area contributed by atoms with Crippen LogP contribution in [0.5, 0.6) is 0 Å². The van der Waals surface area contributed by atoms with E-state index in [1.807, 2.05) is 0 Å². The Morgan fingerprint density at radius 2 is 2.24 bits per heavy atom. The number of hydrogen-bond donors (Lipinski definition) is 1. The molecule has 1 saturated carbocycles. The molecule has 7 nitrogen and oxygen atoms in total. The lowest BCUT2D eigenvalue weighted by atomic mass is 10.2. The highest BCUT2D eigenvalue weighted by molar-refractivity contribution is 7.92. The average molecular weight is 311 g/mol. The maximum atomic E-state index is 12.1. The van der Waals surface area contributed by atoms with Crippen molar-refractivity contribution in [1.82, 2.24) is 14.8 Å². The Morgan fingerprint density at radius 1 is 1.48 bits per heavy atom. The molecule has 0 bridgehead atoms. The minimum atomic E-state index is -3.42. The van der Waals surface area contributed by atoms with Crippen LogP contribution >= 0.6 is 0 Å². The van der Waals surface area contributed by atoms with E-state index in [4.69, 9.17) is 4.52 Å². The van der Waals surface area contributed by atoms with Gasteiger partial charge in [0.25, 0.3) is 5.91 Å². The van der Waals surface area contributed by atoms with Crippen LogP contribution in [0, 0.1) is 0 Å². The minimum absolute atomic E-state index is 0.215. The van der Waals surface area contributed by atoms with Gasteiger partial charge in [0.2, 0.25) is 10.0 Å². The average Bonchev–Trinajstić information content (AvgIpc) is 3.01. The van der Waals surface area contributed by atoms with E-state index in [-0.39, 0.29) is 24.2 Å². The first-order chi connectivity index (χ1) is 9.99. The van der Waals surface area contributed by atoms with E-state index in [2.05, 4.69) is 17.1 Å². The molecule has 8 heteroatoms. The third kappa shape index (κ3) is 3.01. The second kappa shape index (κ2) is 5.27. The summed E-state index contributed by atoms with van der Waals surface area (Å²) in [5.41, 5.74) is 0.252. The van der Waals surface area contributed by atoms with Gasteiger partial charge in [0.05, 0.1) is 0 Å². The summed E-state index contributed by atoms with van der Waals surface area (Å²) in [5.74, 6) is 0.828. The van der Waals surface area contributed by atoms with Gasteiger partial charge in [0.15, 0.2) is 5.69 Å². The molecule has 0 spiro atoms. The topological polar surface area (TPSA) is 92.5 Å². The van der Waals surface area contributed by atoms with E-state index in [0.717, 1.165) is 24.0 Å². The zero-order valence-electron chi connectivity index (χ0n) is 11.5. The molecule has 1 aromatic rings. The van der Waals surface area contributed by atoms with Gasteiger partial charge in [-0.2, -0.15) is 4.31 Å². The number of sulfonamides is 1. The highest BCUT2D eigenvalue weighted by Crippen LogP contribution is 2.40. The van der Waals surface area contributed by atoms with E-state index < -0.39 is 10.0 Å². The lowest BCUT2D eigenvalue weighted by Gasteiger charge is -2.14. The largest absolute Gasteiger partial charge is 0.360 e. The first-order valence-corrected chi connectivity index (χ1v) is 8.40. The summed E-state index contributed by atoms with van der Waals surface area (Å²) >= 11 is 0. The van der Waals surface area contributed by atoms with Gasteiger partial charge in [-0.05, 0) is 19.3 Å². The van der Waals surface area contributed by atoms with Crippen LogP contribution in [-0.2, 0) is 10.0 Å². The van der Waals surface area contributed by atoms with Crippen molar-refractivity contribution in [3.05, 3.63) is 29.5 Å². The van der Waals surface area contributed by atoms with Crippen LogP contribution in [0.3, 0.4) is 0 Å². The van der Waals surface area contributed by atoms with Crippen LogP contribution < -0.4 is 5.32 Å². The Labute approximate surface area is 123 Å². The minimum Gasteiger partial charge on any atom is -0.360 e. The Bertz CT molecular complexity index is 663. The molecule has 1 aromatic heterocycles. The molecule has 1 atom stereocenters. The van der Waals surface area contributed by atoms with Gasteiger partial charge in [-0.3, -0.25) is 4.79 Å². The summed E-state index contributed by atoms with van der Waals surface area (Å²) in [6.07, 6.45) is 2.73. The molecule has 0 radical (unpaired) electrons. The second-order valence-electron chi connectivity index (χ2n) is 5.42. The molecule has 1 aliphatic carbocycles. The summed E-state index contributed by atoms with van der Waals surface area (Å²) in [5, 5.41) is 7.49. The fourth-order valence-corrected chi connectivity index (χ4v) is 3.36. The lowest BCUT2D eigenvalue weighted by Crippen LogP contribution is -2.38. The SMILES string of the molecule is C=CS(=O)(=O)N1CCC(NC(=O)c2cc(C3CC3)on2)C1. The van der Waals surface area contributed by atoms with Crippen LogP contribution in [0.25, 0.3) is 0 Å². The number of hydrogen-bond acceptors (Lipinski definition) is 5. The van der Waals surface area contributed by atoms with E-state index >= 15 is 0 Å². The van der Waals surface area contributed by atoms with Crippen LogP contribution in [0.2, 0.25) is 0 Å². The van der Waals surface area contributed by atoms with Gasteiger partial charge in [0.1, 0.15) is 5.76 Å². The third-order valence-electron chi connectivity index (χ3n) is 3.80. The highest BCUT2D eigenvalue weighted by Gasteiger charge is 2.32. The summed E-state index contributed by atoms with van der Waals surface area (Å²) in [7, 11) is -3.42. The summed E-state index contributed by atoms with van der Waals surface area (Å²) in [6, 6.07) is 1.45. The molecule has 1 unspecified atom stereocenters. The zero-order valence-corrected chi connectivity index (χ0v) is 12.3. The van der Waals surface area contributed by atoms with Crippen molar-refractivity contribution in [2.75, 3.05) is 13.1 Å². The molecule has 2 aliphatic rings. The van der Waals surface area contributed by atoms with E-state index in [9.17, 15) is 13.2 Å². The van der Waals surface area contributed by atoms with Crippen LogP contribution in [0.4, 0.5) is 0 Å². The predicted octanol–water partition coefficient (Wildman–Crippen LogP) is 0.829. The van der Waals surface area contributed by atoms with Gasteiger partial charge < -0.3 is 9.84 Å². The molecule has 114 valence electrons. The molecular formula is C13H17N3O4S. The Balaban J connectivity index is 1.59. The van der Waals surface area contributed by atoms with Gasteiger partial charge in [-0.1, -0.05) is 11.7 Å². The molecule has 1 N–H and O–H groups in total. The number of nitrogens with one attached hydrogen (secondary N) is 1. The number of nitrogens with zero attached hydrogens (tertiary/aromatic N) is 2. The number of carbonyl (C=O) groups excluding carboxylic acids is 1. The molecule has 1 aliphatic heterocycles. The lowest BCUT2D eigenvalue weighted by molar-refractivity contribution is 0.0929. The molecule has 3 rings (SSSR count). The smallest absolute Gasteiger partial charge is 0.273 e. The standard InChI is InChI=1S/C13H17N3O4S/c1-2-21(18,19)16-6-5-10(8-16)14-13(17)11-7-12(20-15-11)9-3-4-9/h2,7,9-10H,1,3-6,8H2,(H,14,17).